The Kier molecular flexibility index (Phi) is 1.50. The summed E-state index contributed by atoms with van der Waals surface area (Å²) in [5, 5.41) is 18.3. The van der Waals surface area contributed by atoms with Gasteiger partial charge in [0.25, 0.3) is 15.9 Å². The molecule has 0 spiro atoms. The van der Waals surface area contributed by atoms with Crippen molar-refractivity contribution in [3.05, 3.63) is 17.7 Å². The van der Waals surface area contributed by atoms with Crippen molar-refractivity contribution < 1.29 is 23.4 Å². The lowest BCUT2D eigenvalue weighted by atomic mass is 10.2. The van der Waals surface area contributed by atoms with Crippen LogP contribution in [0, 0.1) is 0 Å². The molecule has 2 rings (SSSR count). The molecule has 0 saturated carbocycles. The molecular weight excluding hydrogens is 210 g/mol. The summed E-state index contributed by atoms with van der Waals surface area (Å²) in [6, 6.07) is 1.81. The highest BCUT2D eigenvalue weighted by atomic mass is 32.2. The summed E-state index contributed by atoms with van der Waals surface area (Å²) in [6.07, 6.45) is 0. The van der Waals surface area contributed by atoms with Gasteiger partial charge in [-0.15, -0.1) is 0 Å². The van der Waals surface area contributed by atoms with Gasteiger partial charge in [-0.2, -0.15) is 0 Å². The average molecular weight is 215 g/mol. The lowest BCUT2D eigenvalue weighted by Crippen LogP contribution is -2.20. The van der Waals surface area contributed by atoms with Crippen molar-refractivity contribution in [2.75, 3.05) is 0 Å². The van der Waals surface area contributed by atoms with Crippen LogP contribution in [0.2, 0.25) is 0 Å². The van der Waals surface area contributed by atoms with Gasteiger partial charge in [-0.1, -0.05) is 0 Å². The first-order valence-corrected chi connectivity index (χ1v) is 5.03. The van der Waals surface area contributed by atoms with Crippen LogP contribution in [0.3, 0.4) is 0 Å². The number of hydrogen-bond donors (Lipinski definition) is 3. The second-order valence-corrected chi connectivity index (χ2v) is 4.42. The van der Waals surface area contributed by atoms with E-state index in [1.54, 1.807) is 4.72 Å². The highest BCUT2D eigenvalue weighted by Gasteiger charge is 2.35. The highest BCUT2D eigenvalue weighted by molar-refractivity contribution is 7.90. The highest BCUT2D eigenvalue weighted by Crippen LogP contribution is 2.33. The lowest BCUT2D eigenvalue weighted by molar-refractivity contribution is 0.0982. The Hall–Kier alpha value is -1.76. The average Bonchev–Trinajstić information content (AvgIpc) is 2.21. The molecule has 1 aromatic rings. The predicted molar refractivity (Wildman–Crippen MR) is 44.4 cm³/mol. The number of benzene rings is 1. The van der Waals surface area contributed by atoms with E-state index in [0.717, 1.165) is 12.1 Å². The second kappa shape index (κ2) is 2.38. The summed E-state index contributed by atoms with van der Waals surface area (Å²) < 4.78 is 24.1. The zero-order valence-electron chi connectivity index (χ0n) is 6.68. The van der Waals surface area contributed by atoms with Crippen LogP contribution in [-0.4, -0.2) is 24.5 Å². The first-order valence-electron chi connectivity index (χ1n) is 3.55. The maximum atomic E-state index is 11.2. The molecular formula is C7H5NO5S. The molecule has 0 fully saturated rings. The number of carbonyl (C=O) groups is 1. The van der Waals surface area contributed by atoms with Crippen molar-refractivity contribution in [2.24, 2.45) is 0 Å². The molecule has 0 aromatic heterocycles. The van der Waals surface area contributed by atoms with Gasteiger partial charge in [-0.05, 0) is 0 Å². The minimum absolute atomic E-state index is 0.331. The molecule has 14 heavy (non-hydrogen) atoms. The van der Waals surface area contributed by atoms with Gasteiger partial charge >= 0.3 is 0 Å². The van der Waals surface area contributed by atoms with Crippen LogP contribution < -0.4 is 4.72 Å². The molecule has 74 valence electrons. The zero-order chi connectivity index (χ0) is 10.5. The van der Waals surface area contributed by atoms with Gasteiger partial charge in [-0.25, -0.2) is 13.1 Å². The largest absolute Gasteiger partial charge is 0.508 e. The minimum Gasteiger partial charge on any atom is -0.508 e. The number of sulfonamides is 1. The van der Waals surface area contributed by atoms with E-state index in [-0.39, 0.29) is 5.56 Å². The number of amides is 1. The Balaban J connectivity index is 2.89. The third-order valence-electron chi connectivity index (χ3n) is 1.81. The van der Waals surface area contributed by atoms with Crippen LogP contribution in [0.5, 0.6) is 11.5 Å². The molecule has 0 aliphatic carbocycles. The molecule has 1 amide bonds. The summed E-state index contributed by atoms with van der Waals surface area (Å²) in [6.45, 7) is 0. The maximum absolute atomic E-state index is 11.2. The monoisotopic (exact) mass is 215 g/mol. The Morgan fingerprint density at radius 1 is 1.21 bits per heavy atom. The third kappa shape index (κ3) is 1.02. The Morgan fingerprint density at radius 2 is 1.86 bits per heavy atom. The second-order valence-electron chi connectivity index (χ2n) is 2.77. The number of phenols is 2. The van der Waals surface area contributed by atoms with E-state index in [0.29, 0.717) is 0 Å². The molecule has 6 nitrogen and oxygen atoms in total. The summed E-state index contributed by atoms with van der Waals surface area (Å²) >= 11 is 0. The molecule has 0 bridgehead atoms. The summed E-state index contributed by atoms with van der Waals surface area (Å²) in [5.41, 5.74) is -0.331. The fourth-order valence-corrected chi connectivity index (χ4v) is 2.45. The Morgan fingerprint density at radius 3 is 2.50 bits per heavy atom. The van der Waals surface area contributed by atoms with Gasteiger partial charge in [0, 0.05) is 12.1 Å². The Bertz CT molecular complexity index is 533. The van der Waals surface area contributed by atoms with Crippen molar-refractivity contribution in [1.82, 2.24) is 4.72 Å². The van der Waals surface area contributed by atoms with Crippen molar-refractivity contribution in [2.45, 2.75) is 4.90 Å². The first kappa shape index (κ1) is 8.82. The van der Waals surface area contributed by atoms with Crippen LogP contribution in [0.1, 0.15) is 10.4 Å². The van der Waals surface area contributed by atoms with Gasteiger partial charge in [0.05, 0.1) is 0 Å². The number of fused-ring (bicyclic) bond motifs is 1. The van der Waals surface area contributed by atoms with Gasteiger partial charge in [-0.3, -0.25) is 4.79 Å². The predicted octanol–water partition coefficient (Wildman–Crippen LogP) is -0.470. The van der Waals surface area contributed by atoms with E-state index in [1.807, 2.05) is 0 Å². The summed E-state index contributed by atoms with van der Waals surface area (Å²) in [4.78, 5) is 10.7. The third-order valence-corrected chi connectivity index (χ3v) is 3.16. The fourth-order valence-electron chi connectivity index (χ4n) is 1.25. The van der Waals surface area contributed by atoms with E-state index >= 15 is 0 Å². The lowest BCUT2D eigenvalue weighted by Gasteiger charge is -1.99. The topological polar surface area (TPSA) is 104 Å². The van der Waals surface area contributed by atoms with Crippen LogP contribution in [0.25, 0.3) is 0 Å². The van der Waals surface area contributed by atoms with E-state index in [9.17, 15) is 18.3 Å². The Labute approximate surface area is 78.9 Å². The quantitative estimate of drug-likeness (QED) is 0.542. The zero-order valence-corrected chi connectivity index (χ0v) is 7.50. The molecule has 1 heterocycles. The molecule has 7 heteroatoms. The number of carbonyl (C=O) groups excluding carboxylic acids is 1. The molecule has 3 N–H and O–H groups in total. The number of aromatic hydroxyl groups is 2. The molecule has 1 aliphatic heterocycles. The molecule has 1 aromatic carbocycles. The summed E-state index contributed by atoms with van der Waals surface area (Å²) in [7, 11) is -3.92. The first-order chi connectivity index (χ1) is 6.42. The van der Waals surface area contributed by atoms with Crippen molar-refractivity contribution in [3.63, 3.8) is 0 Å². The number of rotatable bonds is 0. The molecule has 0 unspecified atom stereocenters. The number of phenolic OH excluding ortho intramolecular Hbond substituents is 2. The fraction of sp³-hybridized carbons (Fsp3) is 0. The van der Waals surface area contributed by atoms with Crippen LogP contribution >= 0.6 is 0 Å². The van der Waals surface area contributed by atoms with E-state index in [4.69, 9.17) is 5.11 Å². The van der Waals surface area contributed by atoms with E-state index < -0.39 is 32.3 Å². The molecule has 1 aliphatic rings. The van der Waals surface area contributed by atoms with Gasteiger partial charge in [0.15, 0.2) is 0 Å². The standard InChI is InChI=1S/C7H5NO5S/c9-3-1-4(10)6-5(2-3)14(12,13)8-7(6)11/h1-2,9-10H,(H,8,11). The summed E-state index contributed by atoms with van der Waals surface area (Å²) in [5.74, 6) is -1.86. The van der Waals surface area contributed by atoms with Crippen LogP contribution in [-0.2, 0) is 10.0 Å². The maximum Gasteiger partial charge on any atom is 0.270 e. The molecule has 0 atom stereocenters. The normalized spacial score (nSPS) is 17.6. The number of hydrogen-bond acceptors (Lipinski definition) is 5. The van der Waals surface area contributed by atoms with E-state index in [2.05, 4.69) is 0 Å². The van der Waals surface area contributed by atoms with Crippen molar-refractivity contribution in [1.29, 1.82) is 0 Å². The van der Waals surface area contributed by atoms with Gasteiger partial charge in [0.1, 0.15) is 22.0 Å². The van der Waals surface area contributed by atoms with Crippen LogP contribution in [0.15, 0.2) is 17.0 Å². The SMILES string of the molecule is O=C1NS(=O)(=O)c2cc(O)cc(O)c21. The van der Waals surface area contributed by atoms with Crippen molar-refractivity contribution >= 4 is 15.9 Å². The number of nitrogens with one attached hydrogen (secondary N) is 1. The van der Waals surface area contributed by atoms with E-state index in [1.165, 1.54) is 0 Å². The van der Waals surface area contributed by atoms with Gasteiger partial charge in [0.2, 0.25) is 0 Å². The smallest absolute Gasteiger partial charge is 0.270 e. The molecule has 0 radical (unpaired) electrons. The minimum atomic E-state index is -3.92. The van der Waals surface area contributed by atoms with Crippen molar-refractivity contribution in [3.8, 4) is 11.5 Å². The van der Waals surface area contributed by atoms with Gasteiger partial charge < -0.3 is 10.2 Å². The van der Waals surface area contributed by atoms with Crippen LogP contribution in [0.4, 0.5) is 0 Å². The molecule has 0 saturated heterocycles.